The second-order valence-electron chi connectivity index (χ2n) is 5.14. The molecular formula is C17H16FNO2. The second-order valence-corrected chi connectivity index (χ2v) is 5.14. The van der Waals surface area contributed by atoms with Crippen LogP contribution in [0.4, 0.5) is 10.1 Å². The van der Waals surface area contributed by atoms with Crippen molar-refractivity contribution in [3.8, 4) is 5.75 Å². The molecule has 0 unspecified atom stereocenters. The molecule has 0 aliphatic heterocycles. The van der Waals surface area contributed by atoms with Crippen molar-refractivity contribution in [1.29, 1.82) is 0 Å². The number of carbonyl (C=O) groups excluding carboxylic acids is 1. The molecule has 1 amide bonds. The molecule has 3 rings (SSSR count). The maximum atomic E-state index is 13.3. The van der Waals surface area contributed by atoms with Gasteiger partial charge in [0, 0.05) is 5.69 Å². The summed E-state index contributed by atoms with van der Waals surface area (Å²) in [5, 5.41) is 2.80. The molecule has 2 aromatic carbocycles. The number of benzene rings is 2. The number of fused-ring (bicyclic) bond motifs is 1. The monoisotopic (exact) mass is 285 g/mol. The van der Waals surface area contributed by atoms with Crippen LogP contribution in [0.3, 0.4) is 0 Å². The molecular weight excluding hydrogens is 269 g/mol. The summed E-state index contributed by atoms with van der Waals surface area (Å²) in [7, 11) is 1.46. The number of hydrogen-bond donors (Lipinski definition) is 1. The zero-order chi connectivity index (χ0) is 14.8. The zero-order valence-electron chi connectivity index (χ0n) is 11.8. The number of rotatable bonds is 3. The van der Waals surface area contributed by atoms with E-state index in [2.05, 4.69) is 5.32 Å². The summed E-state index contributed by atoms with van der Waals surface area (Å²) in [5.41, 5.74) is 3.54. The number of carbonyl (C=O) groups is 1. The van der Waals surface area contributed by atoms with Crippen molar-refractivity contribution < 1.29 is 13.9 Å². The van der Waals surface area contributed by atoms with Crippen molar-refractivity contribution in [2.45, 2.75) is 19.3 Å². The molecule has 0 radical (unpaired) electrons. The Morgan fingerprint density at radius 2 is 1.95 bits per heavy atom. The Morgan fingerprint density at radius 1 is 1.14 bits per heavy atom. The fraction of sp³-hybridized carbons (Fsp3) is 0.235. The van der Waals surface area contributed by atoms with Crippen molar-refractivity contribution in [2.75, 3.05) is 12.4 Å². The topological polar surface area (TPSA) is 38.3 Å². The molecule has 1 N–H and O–H groups in total. The minimum atomic E-state index is -0.463. The van der Waals surface area contributed by atoms with E-state index in [1.807, 2.05) is 18.2 Å². The molecule has 1 aliphatic rings. The molecule has 0 fully saturated rings. The van der Waals surface area contributed by atoms with Crippen LogP contribution in [-0.2, 0) is 12.8 Å². The van der Waals surface area contributed by atoms with Gasteiger partial charge in [0.05, 0.1) is 12.7 Å². The lowest BCUT2D eigenvalue weighted by Gasteiger charge is -2.10. The Balaban J connectivity index is 1.85. The third-order valence-corrected chi connectivity index (χ3v) is 3.76. The van der Waals surface area contributed by atoms with E-state index >= 15 is 0 Å². The zero-order valence-corrected chi connectivity index (χ0v) is 11.8. The molecule has 21 heavy (non-hydrogen) atoms. The molecule has 0 saturated carbocycles. The minimum Gasteiger partial charge on any atom is -0.496 e. The van der Waals surface area contributed by atoms with E-state index in [9.17, 15) is 9.18 Å². The summed E-state index contributed by atoms with van der Waals surface area (Å²) in [6.07, 6.45) is 3.30. The largest absolute Gasteiger partial charge is 0.496 e. The average Bonchev–Trinajstić information content (AvgIpc) is 2.94. The molecule has 2 aromatic rings. The van der Waals surface area contributed by atoms with Gasteiger partial charge >= 0.3 is 0 Å². The molecule has 0 bridgehead atoms. The lowest BCUT2D eigenvalue weighted by atomic mass is 10.1. The SMILES string of the molecule is COc1ccc(F)cc1C(=O)Nc1ccc2c(c1)CCC2. The van der Waals surface area contributed by atoms with Crippen molar-refractivity contribution in [3.63, 3.8) is 0 Å². The molecule has 0 saturated heterocycles. The Hall–Kier alpha value is -2.36. The van der Waals surface area contributed by atoms with Crippen LogP contribution in [0.25, 0.3) is 0 Å². The Bertz CT molecular complexity index is 697. The summed E-state index contributed by atoms with van der Waals surface area (Å²) in [6, 6.07) is 9.82. The van der Waals surface area contributed by atoms with Gasteiger partial charge in [-0.05, 0) is 60.7 Å². The van der Waals surface area contributed by atoms with E-state index in [1.165, 1.54) is 36.4 Å². The number of hydrogen-bond acceptors (Lipinski definition) is 2. The normalized spacial score (nSPS) is 12.9. The highest BCUT2D eigenvalue weighted by Gasteiger charge is 2.15. The predicted molar refractivity (Wildman–Crippen MR) is 79.4 cm³/mol. The lowest BCUT2D eigenvalue weighted by molar-refractivity contribution is 0.102. The van der Waals surface area contributed by atoms with Crippen LogP contribution in [0, 0.1) is 5.82 Å². The summed E-state index contributed by atoms with van der Waals surface area (Å²) < 4.78 is 18.4. The van der Waals surface area contributed by atoms with Crippen LogP contribution < -0.4 is 10.1 Å². The van der Waals surface area contributed by atoms with Gasteiger partial charge in [0.15, 0.2) is 0 Å². The number of methoxy groups -OCH3 is 1. The maximum absolute atomic E-state index is 13.3. The van der Waals surface area contributed by atoms with Gasteiger partial charge < -0.3 is 10.1 Å². The van der Waals surface area contributed by atoms with E-state index in [1.54, 1.807) is 0 Å². The second kappa shape index (κ2) is 5.56. The highest BCUT2D eigenvalue weighted by molar-refractivity contribution is 6.06. The summed E-state index contributed by atoms with van der Waals surface area (Å²) in [6.45, 7) is 0. The predicted octanol–water partition coefficient (Wildman–Crippen LogP) is 3.58. The number of ether oxygens (including phenoxy) is 1. The molecule has 4 heteroatoms. The van der Waals surface area contributed by atoms with Gasteiger partial charge in [0.2, 0.25) is 0 Å². The Morgan fingerprint density at radius 3 is 2.76 bits per heavy atom. The number of aryl methyl sites for hydroxylation is 2. The van der Waals surface area contributed by atoms with Crippen LogP contribution in [0.2, 0.25) is 0 Å². The fourth-order valence-corrected chi connectivity index (χ4v) is 2.71. The van der Waals surface area contributed by atoms with Gasteiger partial charge in [0.1, 0.15) is 11.6 Å². The van der Waals surface area contributed by atoms with Gasteiger partial charge in [-0.15, -0.1) is 0 Å². The first-order chi connectivity index (χ1) is 10.2. The summed E-state index contributed by atoms with van der Waals surface area (Å²) in [4.78, 5) is 12.3. The first kappa shape index (κ1) is 13.6. The maximum Gasteiger partial charge on any atom is 0.259 e. The van der Waals surface area contributed by atoms with Crippen molar-refractivity contribution in [1.82, 2.24) is 0 Å². The highest BCUT2D eigenvalue weighted by atomic mass is 19.1. The third-order valence-electron chi connectivity index (χ3n) is 3.76. The van der Waals surface area contributed by atoms with E-state index in [0.717, 1.165) is 24.9 Å². The van der Waals surface area contributed by atoms with Gasteiger partial charge in [-0.3, -0.25) is 4.79 Å². The van der Waals surface area contributed by atoms with E-state index in [4.69, 9.17) is 4.74 Å². The molecule has 1 aliphatic carbocycles. The van der Waals surface area contributed by atoms with E-state index in [0.29, 0.717) is 5.75 Å². The van der Waals surface area contributed by atoms with Gasteiger partial charge in [-0.2, -0.15) is 0 Å². The minimum absolute atomic E-state index is 0.193. The van der Waals surface area contributed by atoms with Crippen LogP contribution in [0.1, 0.15) is 27.9 Å². The summed E-state index contributed by atoms with van der Waals surface area (Å²) in [5.74, 6) is -0.478. The summed E-state index contributed by atoms with van der Waals surface area (Å²) >= 11 is 0. The van der Waals surface area contributed by atoms with E-state index < -0.39 is 5.82 Å². The van der Waals surface area contributed by atoms with Crippen molar-refractivity contribution >= 4 is 11.6 Å². The highest BCUT2D eigenvalue weighted by Crippen LogP contribution is 2.26. The first-order valence-corrected chi connectivity index (χ1v) is 6.94. The van der Waals surface area contributed by atoms with Crippen LogP contribution in [0.15, 0.2) is 36.4 Å². The fourth-order valence-electron chi connectivity index (χ4n) is 2.71. The smallest absolute Gasteiger partial charge is 0.259 e. The third kappa shape index (κ3) is 2.75. The molecule has 3 nitrogen and oxygen atoms in total. The van der Waals surface area contributed by atoms with Crippen molar-refractivity contribution in [3.05, 3.63) is 58.9 Å². The Kier molecular flexibility index (Phi) is 3.60. The molecule has 0 heterocycles. The van der Waals surface area contributed by atoms with Gasteiger partial charge in [-0.1, -0.05) is 6.07 Å². The quantitative estimate of drug-likeness (QED) is 0.936. The lowest BCUT2D eigenvalue weighted by Crippen LogP contribution is -2.13. The number of nitrogens with one attached hydrogen (secondary N) is 1. The number of anilines is 1. The molecule has 0 aromatic heterocycles. The van der Waals surface area contributed by atoms with Gasteiger partial charge in [0.25, 0.3) is 5.91 Å². The molecule has 0 atom stereocenters. The van der Waals surface area contributed by atoms with Crippen LogP contribution in [0.5, 0.6) is 5.75 Å². The van der Waals surface area contributed by atoms with E-state index in [-0.39, 0.29) is 11.5 Å². The Labute approximate surface area is 122 Å². The number of halogens is 1. The van der Waals surface area contributed by atoms with Crippen molar-refractivity contribution in [2.24, 2.45) is 0 Å². The molecule has 0 spiro atoms. The van der Waals surface area contributed by atoms with Crippen LogP contribution >= 0.6 is 0 Å². The standard InChI is InChI=1S/C17H16FNO2/c1-21-16-8-6-13(18)10-15(16)17(20)19-14-7-5-11-3-2-4-12(11)9-14/h5-10H,2-4H2,1H3,(H,19,20). The van der Waals surface area contributed by atoms with Crippen LogP contribution in [-0.4, -0.2) is 13.0 Å². The van der Waals surface area contributed by atoms with Gasteiger partial charge in [-0.25, -0.2) is 4.39 Å². The molecule has 108 valence electrons. The number of amides is 1. The average molecular weight is 285 g/mol. The first-order valence-electron chi connectivity index (χ1n) is 6.94.